The van der Waals surface area contributed by atoms with Crippen molar-refractivity contribution in [2.24, 2.45) is 0 Å². The van der Waals surface area contributed by atoms with Gasteiger partial charge in [-0.2, -0.15) is 0 Å². The molecule has 8 heteroatoms. The molecule has 0 aromatic carbocycles. The van der Waals surface area contributed by atoms with Crippen molar-refractivity contribution < 1.29 is 4.79 Å². The maximum absolute atomic E-state index is 11.0. The van der Waals surface area contributed by atoms with E-state index < -0.39 is 18.2 Å². The van der Waals surface area contributed by atoms with E-state index in [9.17, 15) is 4.79 Å². The molecule has 0 N–H and O–H groups in total. The smallest absolute Gasteiger partial charge is 0.226 e. The maximum atomic E-state index is 11.0. The van der Waals surface area contributed by atoms with Gasteiger partial charge in [-0.1, -0.05) is 81.2 Å². The zero-order chi connectivity index (χ0) is 11.1. The molecule has 0 aliphatic carbocycles. The molecule has 13 heavy (non-hydrogen) atoms. The van der Waals surface area contributed by atoms with Crippen molar-refractivity contribution in [3.63, 3.8) is 0 Å². The first kappa shape index (κ1) is 14.7. The number of hydrogen-bond acceptors (Lipinski definition) is 1. The Kier molecular flexibility index (Phi) is 4.85. The highest BCUT2D eigenvalue weighted by molar-refractivity contribution is 6.80. The Balaban J connectivity index is 5.16. The van der Waals surface area contributed by atoms with Gasteiger partial charge in [0.15, 0.2) is 5.78 Å². The number of ketones is 1. The van der Waals surface area contributed by atoms with Crippen molar-refractivity contribution in [3.8, 4) is 0 Å². The highest BCUT2D eigenvalue weighted by Crippen LogP contribution is 2.56. The maximum Gasteiger partial charge on any atom is 0.226 e. The number of alkyl halides is 7. The molecule has 0 amide bonds. The average molecular weight is 327 g/mol. The summed E-state index contributed by atoms with van der Waals surface area (Å²) < 4.78 is -6.58. The Bertz CT molecular complexity index is 215. The summed E-state index contributed by atoms with van der Waals surface area (Å²) in [6.45, 7) is 1.08. The summed E-state index contributed by atoms with van der Waals surface area (Å²) in [5, 5.41) is 0. The Labute approximate surface area is 110 Å². The molecule has 0 saturated carbocycles. The topological polar surface area (TPSA) is 17.1 Å². The Morgan fingerprint density at radius 3 is 1.31 bits per heavy atom. The van der Waals surface area contributed by atoms with Crippen LogP contribution in [0.5, 0.6) is 0 Å². The fourth-order valence-electron chi connectivity index (χ4n) is 0.399. The SMILES string of the molecule is CC(=O)C(Cl)(Cl)C(Cl)(Cl)C(Cl)(Cl)Cl. The van der Waals surface area contributed by atoms with E-state index >= 15 is 0 Å². The van der Waals surface area contributed by atoms with E-state index in [0.717, 1.165) is 6.92 Å². The minimum atomic E-state index is -2.22. The molecule has 0 bridgehead atoms. The molecule has 0 aromatic heterocycles. The predicted molar refractivity (Wildman–Crippen MR) is 59.8 cm³/mol. The molecule has 0 unspecified atom stereocenters. The highest BCUT2D eigenvalue weighted by Gasteiger charge is 2.62. The van der Waals surface area contributed by atoms with Gasteiger partial charge in [0.05, 0.1) is 0 Å². The standard InChI is InChI=1S/C5H3Cl7O/c1-2(13)3(6,7)4(8,9)5(10,11)12/h1H3. The molecule has 0 spiro atoms. The van der Waals surface area contributed by atoms with Gasteiger partial charge in [0.25, 0.3) is 0 Å². The van der Waals surface area contributed by atoms with Gasteiger partial charge in [-0.15, -0.1) is 0 Å². The Hall–Kier alpha value is 1.70. The second-order valence-corrected chi connectivity index (χ2v) is 7.14. The third kappa shape index (κ3) is 2.84. The number of rotatable bonds is 2. The number of hydrogen-bond donors (Lipinski definition) is 0. The second-order valence-electron chi connectivity index (χ2n) is 2.20. The number of carbonyl (C=O) groups excluding carboxylic acids is 1. The van der Waals surface area contributed by atoms with Crippen molar-refractivity contribution in [1.29, 1.82) is 0 Å². The van der Waals surface area contributed by atoms with E-state index in [2.05, 4.69) is 0 Å². The van der Waals surface area contributed by atoms with Crippen LogP contribution in [0.2, 0.25) is 0 Å². The second kappa shape index (κ2) is 4.29. The zero-order valence-electron chi connectivity index (χ0n) is 6.05. The van der Waals surface area contributed by atoms with Gasteiger partial charge in [0, 0.05) is 0 Å². The van der Waals surface area contributed by atoms with Crippen LogP contribution >= 0.6 is 81.2 Å². The molecule has 0 saturated heterocycles. The van der Waals surface area contributed by atoms with E-state index in [1.54, 1.807) is 0 Å². The quantitative estimate of drug-likeness (QED) is 0.692. The van der Waals surface area contributed by atoms with Crippen molar-refractivity contribution >= 4 is 87.0 Å². The van der Waals surface area contributed by atoms with Gasteiger partial charge < -0.3 is 0 Å². The molecule has 1 nitrogen and oxygen atoms in total. The van der Waals surface area contributed by atoms with Gasteiger partial charge in [-0.05, 0) is 6.92 Å². The Morgan fingerprint density at radius 1 is 0.923 bits per heavy atom. The van der Waals surface area contributed by atoms with Crippen molar-refractivity contribution in [1.82, 2.24) is 0 Å². The van der Waals surface area contributed by atoms with Crippen LogP contribution in [-0.4, -0.2) is 18.2 Å². The van der Waals surface area contributed by atoms with Gasteiger partial charge in [0.2, 0.25) is 12.5 Å². The van der Waals surface area contributed by atoms with Gasteiger partial charge >= 0.3 is 0 Å². The van der Waals surface area contributed by atoms with Crippen LogP contribution in [-0.2, 0) is 4.79 Å². The molecule has 0 fully saturated rings. The summed E-state index contributed by atoms with van der Waals surface area (Å²) in [5.74, 6) is -0.716. The Morgan fingerprint density at radius 2 is 1.23 bits per heavy atom. The van der Waals surface area contributed by atoms with E-state index in [0.29, 0.717) is 0 Å². The summed E-state index contributed by atoms with van der Waals surface area (Å²) in [6.07, 6.45) is 0. The van der Waals surface area contributed by atoms with Gasteiger partial charge in [-0.25, -0.2) is 0 Å². The summed E-state index contributed by atoms with van der Waals surface area (Å²) >= 11 is 38.5. The lowest BCUT2D eigenvalue weighted by molar-refractivity contribution is -0.117. The van der Waals surface area contributed by atoms with Crippen LogP contribution in [0.1, 0.15) is 6.92 Å². The first-order valence-corrected chi connectivity index (χ1v) is 5.42. The minimum Gasteiger partial charge on any atom is -0.297 e. The van der Waals surface area contributed by atoms with Gasteiger partial charge in [0.1, 0.15) is 0 Å². The summed E-state index contributed by atoms with van der Waals surface area (Å²) in [7, 11) is 0. The molecule has 0 heterocycles. The highest BCUT2D eigenvalue weighted by atomic mass is 35.6. The van der Waals surface area contributed by atoms with E-state index in [1.165, 1.54) is 0 Å². The molecule has 0 atom stereocenters. The summed E-state index contributed by atoms with van der Waals surface area (Å²) in [4.78, 5) is 11.0. The first-order valence-electron chi connectivity index (χ1n) is 2.78. The normalized spacial score (nSPS) is 14.5. The molecule has 0 aromatic rings. The number of Topliss-reactive ketones (excluding diaryl/α,β-unsaturated/α-hetero) is 1. The fraction of sp³-hybridized carbons (Fsp3) is 0.800. The monoisotopic (exact) mass is 324 g/mol. The molecule has 0 aliphatic heterocycles. The van der Waals surface area contributed by atoms with Crippen LogP contribution in [0, 0.1) is 0 Å². The molecule has 78 valence electrons. The summed E-state index contributed by atoms with van der Waals surface area (Å²) in [6, 6.07) is 0. The lowest BCUT2D eigenvalue weighted by Crippen LogP contribution is -2.50. The third-order valence-electron chi connectivity index (χ3n) is 1.19. The first-order chi connectivity index (χ1) is 5.44. The van der Waals surface area contributed by atoms with Crippen molar-refractivity contribution in [3.05, 3.63) is 0 Å². The largest absolute Gasteiger partial charge is 0.297 e. The molecule has 0 aliphatic rings. The van der Waals surface area contributed by atoms with Crippen LogP contribution in [0.3, 0.4) is 0 Å². The van der Waals surface area contributed by atoms with Crippen LogP contribution in [0.4, 0.5) is 0 Å². The van der Waals surface area contributed by atoms with Crippen LogP contribution in [0.25, 0.3) is 0 Å². The molecular formula is C5H3Cl7O. The van der Waals surface area contributed by atoms with Crippen LogP contribution < -0.4 is 0 Å². The zero-order valence-corrected chi connectivity index (χ0v) is 11.3. The van der Waals surface area contributed by atoms with Gasteiger partial charge in [-0.3, -0.25) is 4.79 Å². The summed E-state index contributed by atoms with van der Waals surface area (Å²) in [5.41, 5.74) is 0. The average Bonchev–Trinajstić information content (AvgIpc) is 1.84. The molecule has 0 radical (unpaired) electrons. The third-order valence-corrected chi connectivity index (χ3v) is 5.24. The molecular weight excluding hydrogens is 324 g/mol. The minimum absolute atomic E-state index is 0.716. The van der Waals surface area contributed by atoms with E-state index in [-0.39, 0.29) is 0 Å². The number of halogens is 7. The van der Waals surface area contributed by atoms with Crippen LogP contribution in [0.15, 0.2) is 0 Å². The van der Waals surface area contributed by atoms with E-state index in [1.807, 2.05) is 0 Å². The van der Waals surface area contributed by atoms with Crippen molar-refractivity contribution in [2.45, 2.75) is 19.4 Å². The van der Waals surface area contributed by atoms with Crippen molar-refractivity contribution in [2.75, 3.05) is 0 Å². The lowest BCUT2D eigenvalue weighted by Gasteiger charge is -2.35. The lowest BCUT2D eigenvalue weighted by atomic mass is 10.2. The fourth-order valence-corrected chi connectivity index (χ4v) is 1.66. The number of carbonyl (C=O) groups is 1. The van der Waals surface area contributed by atoms with E-state index in [4.69, 9.17) is 81.2 Å². The molecule has 0 rings (SSSR count). The predicted octanol–water partition coefficient (Wildman–Crippen LogP) is 4.29.